The Bertz CT molecular complexity index is 5420. The van der Waals surface area contributed by atoms with E-state index >= 15 is 0 Å². The van der Waals surface area contributed by atoms with E-state index in [2.05, 4.69) is 158 Å². The summed E-state index contributed by atoms with van der Waals surface area (Å²) >= 11 is 0. The van der Waals surface area contributed by atoms with E-state index < -0.39 is 0 Å². The van der Waals surface area contributed by atoms with Crippen LogP contribution in [-0.2, 0) is 19.4 Å². The standard InChI is InChI=1S/C20H14N2.C18H12N2.2C14H10N2.C10H11N3.C8H6N2/c1-3-7-17-13(5-1)11-15-9-10-16-12-14-6-2-4-8-18(14)22-20(16)19(15)21-17;1-3-7-15-13(5-1)9-11-19-17(15)18-16-8-4-2-6-14(16)10-12-20-18;1-2-6-12-11(5-1)8-9-14(16-12)13-7-3-4-10-15-13;1-2-6-12-11(5-1)8-10-16-14(12)13-7-3-4-9-15-13;1-2-13-8-7-12-10(13)9-5-3-4-6-11-9;1-3-7-4-2-6-10-8(7)9-5-1/h1-8,11-12H,9-10H2;1-12H;2*1-10H;3-8H,2H2,1H3;1-6H. The lowest BCUT2D eigenvalue weighted by atomic mass is 9.91. The summed E-state index contributed by atoms with van der Waals surface area (Å²) in [5, 5.41) is 11.7. The molecule has 97 heavy (non-hydrogen) atoms. The van der Waals surface area contributed by atoms with Gasteiger partial charge in [0, 0.05) is 106 Å². The van der Waals surface area contributed by atoms with Crippen molar-refractivity contribution in [1.82, 2.24) is 64.4 Å². The average molecular weight is 1250 g/mol. The summed E-state index contributed by atoms with van der Waals surface area (Å²) in [5.74, 6) is 0.933. The van der Waals surface area contributed by atoms with E-state index in [4.69, 9.17) is 9.97 Å². The molecule has 1 aliphatic carbocycles. The predicted molar refractivity (Wildman–Crippen MR) is 393 cm³/mol. The summed E-state index contributed by atoms with van der Waals surface area (Å²) in [6, 6.07) is 89.6. The van der Waals surface area contributed by atoms with Crippen molar-refractivity contribution in [2.45, 2.75) is 26.3 Å². The average Bonchev–Trinajstić information content (AvgIpc) is 1.77. The number of nitrogens with zero attached hydrogens (tertiary/aromatic N) is 13. The maximum absolute atomic E-state index is 4.90. The van der Waals surface area contributed by atoms with Crippen molar-refractivity contribution in [1.29, 1.82) is 0 Å². The van der Waals surface area contributed by atoms with Gasteiger partial charge in [0.15, 0.2) is 11.5 Å². The molecule has 19 rings (SSSR count). The molecule has 0 unspecified atom stereocenters. The highest BCUT2D eigenvalue weighted by Crippen LogP contribution is 2.35. The molecule has 12 aromatic heterocycles. The van der Waals surface area contributed by atoms with Gasteiger partial charge in [-0.25, -0.2) is 29.9 Å². The molecule has 0 spiro atoms. The van der Waals surface area contributed by atoms with Crippen molar-refractivity contribution < 1.29 is 0 Å². The molecule has 0 saturated heterocycles. The second kappa shape index (κ2) is 29.7. The van der Waals surface area contributed by atoms with Crippen molar-refractivity contribution in [3.05, 3.63) is 340 Å². The number of para-hydroxylation sites is 3. The van der Waals surface area contributed by atoms with Crippen LogP contribution in [0.25, 0.3) is 133 Å². The fourth-order valence-electron chi connectivity index (χ4n) is 11.7. The van der Waals surface area contributed by atoms with Crippen molar-refractivity contribution in [3.63, 3.8) is 0 Å². The zero-order valence-electron chi connectivity index (χ0n) is 53.1. The third kappa shape index (κ3) is 14.3. The van der Waals surface area contributed by atoms with Crippen LogP contribution >= 0.6 is 0 Å². The second-order valence-electron chi connectivity index (χ2n) is 22.6. The Kier molecular flexibility index (Phi) is 18.9. The zero-order valence-corrected chi connectivity index (χ0v) is 53.1. The number of benzene rings is 6. The summed E-state index contributed by atoms with van der Waals surface area (Å²) in [7, 11) is 0. The Hall–Kier alpha value is -13.0. The third-order valence-electron chi connectivity index (χ3n) is 16.5. The van der Waals surface area contributed by atoms with Crippen LogP contribution in [0.3, 0.4) is 0 Å². The van der Waals surface area contributed by atoms with Crippen LogP contribution in [0, 0.1) is 0 Å². The lowest BCUT2D eigenvalue weighted by Crippen LogP contribution is -2.08. The van der Waals surface area contributed by atoms with Crippen molar-refractivity contribution >= 4 is 76.1 Å². The van der Waals surface area contributed by atoms with Gasteiger partial charge >= 0.3 is 0 Å². The lowest BCUT2D eigenvalue weighted by Gasteiger charge is -2.19. The molecule has 0 fully saturated rings. The number of pyridine rings is 11. The normalized spacial score (nSPS) is 11.1. The van der Waals surface area contributed by atoms with Crippen LogP contribution in [0.15, 0.2) is 329 Å². The predicted octanol–water partition coefficient (Wildman–Crippen LogP) is 19.2. The Morgan fingerprint density at radius 2 is 0.680 bits per heavy atom. The summed E-state index contributed by atoms with van der Waals surface area (Å²) < 4.78 is 2.07. The Balaban J connectivity index is 0.000000101. The molecule has 0 radical (unpaired) electrons. The zero-order chi connectivity index (χ0) is 65.4. The number of imidazole rings is 1. The second-order valence-corrected chi connectivity index (χ2v) is 22.6. The van der Waals surface area contributed by atoms with Gasteiger partial charge in [-0.15, -0.1) is 0 Å². The van der Waals surface area contributed by atoms with Gasteiger partial charge in [-0.05, 0) is 162 Å². The SMILES string of the molecule is CCn1ccnc1-c1ccccn1.c1ccc(-c2ccc3ccccc3n2)nc1.c1ccc(-c2nccc3ccccc23)nc1.c1ccc2c(-c3nccc4ccccc34)nccc2c1.c1ccc2nc3c(cc2c1)CCc1cc2ccccc2nc1-3.c1cnc2ncccc2c1. The fraction of sp³-hybridized carbons (Fsp3) is 0.0476. The number of fused-ring (bicyclic) bond motifs is 10. The highest BCUT2D eigenvalue weighted by Gasteiger charge is 2.21. The topological polar surface area (TPSA) is 160 Å². The van der Waals surface area contributed by atoms with Crippen LogP contribution in [0.1, 0.15) is 18.1 Å². The first-order chi connectivity index (χ1) is 48.1. The van der Waals surface area contributed by atoms with E-state index in [1.54, 1.807) is 37.2 Å². The summed E-state index contributed by atoms with van der Waals surface area (Å²) in [6.07, 6.45) is 20.2. The van der Waals surface area contributed by atoms with E-state index in [-0.39, 0.29) is 0 Å². The molecule has 6 aromatic carbocycles. The largest absolute Gasteiger partial charge is 0.330 e. The van der Waals surface area contributed by atoms with Crippen LogP contribution in [-0.4, -0.2) is 64.4 Å². The number of hydrogen-bond acceptors (Lipinski definition) is 12. The molecular formula is C84H63N13. The van der Waals surface area contributed by atoms with E-state index in [0.29, 0.717) is 0 Å². The minimum Gasteiger partial charge on any atom is -0.330 e. The highest BCUT2D eigenvalue weighted by molar-refractivity contribution is 6.02. The minimum absolute atomic E-state index is 0.810. The number of rotatable bonds is 5. The van der Waals surface area contributed by atoms with Gasteiger partial charge in [0.1, 0.15) is 5.69 Å². The lowest BCUT2D eigenvalue weighted by molar-refractivity contribution is 0.768. The Labute approximate surface area is 560 Å². The van der Waals surface area contributed by atoms with Gasteiger partial charge in [-0.2, -0.15) is 0 Å². The van der Waals surface area contributed by atoms with Crippen molar-refractivity contribution in [2.24, 2.45) is 0 Å². The first kappa shape index (κ1) is 61.5. The number of hydrogen-bond donors (Lipinski definition) is 0. The molecule has 1 aliphatic rings. The third-order valence-corrected chi connectivity index (χ3v) is 16.5. The van der Waals surface area contributed by atoms with E-state index in [1.807, 2.05) is 195 Å². The van der Waals surface area contributed by atoms with Crippen LogP contribution in [0.4, 0.5) is 0 Å². The van der Waals surface area contributed by atoms with Crippen LogP contribution < -0.4 is 0 Å². The summed E-state index contributed by atoms with van der Waals surface area (Å²) in [5.41, 5.74) is 15.2. The quantitative estimate of drug-likeness (QED) is 0.161. The van der Waals surface area contributed by atoms with Crippen LogP contribution in [0.2, 0.25) is 0 Å². The Morgan fingerprint density at radius 1 is 0.268 bits per heavy atom. The maximum atomic E-state index is 4.90. The van der Waals surface area contributed by atoms with E-state index in [0.717, 1.165) is 126 Å². The molecular weight excluding hydrogens is 1190 g/mol. The van der Waals surface area contributed by atoms with E-state index in [1.165, 1.54) is 38.1 Å². The van der Waals surface area contributed by atoms with E-state index in [9.17, 15) is 0 Å². The molecule has 0 amide bonds. The smallest absolute Gasteiger partial charge is 0.159 e. The Morgan fingerprint density at radius 3 is 1.18 bits per heavy atom. The van der Waals surface area contributed by atoms with Crippen molar-refractivity contribution in [3.8, 4) is 57.1 Å². The van der Waals surface area contributed by atoms with Crippen molar-refractivity contribution in [2.75, 3.05) is 0 Å². The summed E-state index contributed by atoms with van der Waals surface area (Å²) in [4.78, 5) is 53.2. The molecule has 0 saturated carbocycles. The molecule has 12 heterocycles. The molecule has 13 heteroatoms. The van der Waals surface area contributed by atoms with Gasteiger partial charge in [0.25, 0.3) is 0 Å². The molecule has 0 atom stereocenters. The fourth-order valence-corrected chi connectivity index (χ4v) is 11.7. The summed E-state index contributed by atoms with van der Waals surface area (Å²) in [6.45, 7) is 3.01. The number of aromatic nitrogens is 13. The molecule has 0 N–H and O–H groups in total. The minimum atomic E-state index is 0.810. The first-order valence-corrected chi connectivity index (χ1v) is 32.1. The maximum Gasteiger partial charge on any atom is 0.159 e. The molecule has 0 bridgehead atoms. The molecule has 18 aromatic rings. The van der Waals surface area contributed by atoms with Crippen LogP contribution in [0.5, 0.6) is 0 Å². The first-order valence-electron chi connectivity index (χ1n) is 32.1. The van der Waals surface area contributed by atoms with Gasteiger partial charge in [0.05, 0.1) is 62.1 Å². The molecule has 13 nitrogen and oxygen atoms in total. The monoisotopic (exact) mass is 1250 g/mol. The highest BCUT2D eigenvalue weighted by atomic mass is 15.1. The number of aryl methyl sites for hydroxylation is 3. The van der Waals surface area contributed by atoms with Gasteiger partial charge in [-0.3, -0.25) is 29.9 Å². The van der Waals surface area contributed by atoms with Gasteiger partial charge in [-0.1, -0.05) is 152 Å². The molecule has 464 valence electrons. The molecule has 0 aliphatic heterocycles. The van der Waals surface area contributed by atoms with Gasteiger partial charge in [0.2, 0.25) is 0 Å². The van der Waals surface area contributed by atoms with Gasteiger partial charge < -0.3 is 4.57 Å².